The topological polar surface area (TPSA) is 56.7 Å². The highest BCUT2D eigenvalue weighted by Gasteiger charge is 2.14. The molecule has 0 fully saturated rings. The predicted molar refractivity (Wildman–Crippen MR) is 72.8 cm³/mol. The Morgan fingerprint density at radius 1 is 1.39 bits per heavy atom. The molecule has 0 atom stereocenters. The second kappa shape index (κ2) is 5.50. The normalized spacial score (nSPS) is 11.2. The van der Waals surface area contributed by atoms with Gasteiger partial charge < -0.3 is 5.73 Å². The van der Waals surface area contributed by atoms with Crippen LogP contribution in [0, 0.1) is 5.92 Å². The highest BCUT2D eigenvalue weighted by Crippen LogP contribution is 2.19. The predicted octanol–water partition coefficient (Wildman–Crippen LogP) is 2.58. The zero-order chi connectivity index (χ0) is 13.1. The van der Waals surface area contributed by atoms with Crippen molar-refractivity contribution in [3.8, 4) is 5.69 Å². The minimum atomic E-state index is 0.405. The molecule has 0 spiro atoms. The van der Waals surface area contributed by atoms with E-state index in [-0.39, 0.29) is 0 Å². The third-order valence-electron chi connectivity index (χ3n) is 2.69. The molecule has 1 aromatic heterocycles. The van der Waals surface area contributed by atoms with Gasteiger partial charge in [0.15, 0.2) is 0 Å². The van der Waals surface area contributed by atoms with Gasteiger partial charge in [0, 0.05) is 11.6 Å². The average Bonchev–Trinajstić information content (AvgIpc) is 2.71. The van der Waals surface area contributed by atoms with Crippen LogP contribution < -0.4 is 5.73 Å². The zero-order valence-corrected chi connectivity index (χ0v) is 11.4. The first-order valence-corrected chi connectivity index (χ1v) is 6.39. The van der Waals surface area contributed by atoms with Crippen LogP contribution >= 0.6 is 11.6 Å². The standard InChI is InChI=1S/C13H17ClN4/c1-9(2)6-13-12(8-15)16-17-18(13)11-5-3-4-10(14)7-11/h3-5,7,9H,6,8,15H2,1-2H3. The minimum Gasteiger partial charge on any atom is -0.325 e. The van der Waals surface area contributed by atoms with Crippen molar-refractivity contribution in [3.05, 3.63) is 40.7 Å². The maximum Gasteiger partial charge on any atom is 0.0999 e. The highest BCUT2D eigenvalue weighted by atomic mass is 35.5. The summed E-state index contributed by atoms with van der Waals surface area (Å²) in [4.78, 5) is 0. The number of nitrogens with zero attached hydrogens (tertiary/aromatic N) is 3. The molecule has 96 valence electrons. The van der Waals surface area contributed by atoms with E-state index in [1.807, 2.05) is 28.9 Å². The summed E-state index contributed by atoms with van der Waals surface area (Å²) in [5, 5.41) is 9.01. The first-order chi connectivity index (χ1) is 8.61. The Kier molecular flexibility index (Phi) is 3.99. The van der Waals surface area contributed by atoms with Gasteiger partial charge in [0.25, 0.3) is 0 Å². The van der Waals surface area contributed by atoms with Crippen LogP contribution in [-0.2, 0) is 13.0 Å². The molecular weight excluding hydrogens is 248 g/mol. The second-order valence-corrected chi connectivity index (χ2v) is 5.11. The first-order valence-electron chi connectivity index (χ1n) is 6.01. The van der Waals surface area contributed by atoms with E-state index in [1.165, 1.54) is 0 Å². The molecule has 4 nitrogen and oxygen atoms in total. The van der Waals surface area contributed by atoms with E-state index in [9.17, 15) is 0 Å². The number of nitrogens with two attached hydrogens (primary N) is 1. The van der Waals surface area contributed by atoms with Crippen LogP contribution in [0.2, 0.25) is 5.02 Å². The van der Waals surface area contributed by atoms with Crippen LogP contribution in [0.4, 0.5) is 0 Å². The molecule has 2 rings (SSSR count). The van der Waals surface area contributed by atoms with Crippen LogP contribution in [0.5, 0.6) is 0 Å². The molecule has 0 amide bonds. The molecule has 0 saturated heterocycles. The Bertz CT molecular complexity index is 534. The van der Waals surface area contributed by atoms with E-state index >= 15 is 0 Å². The highest BCUT2D eigenvalue weighted by molar-refractivity contribution is 6.30. The van der Waals surface area contributed by atoms with Gasteiger partial charge in [-0.2, -0.15) is 0 Å². The van der Waals surface area contributed by atoms with Crippen molar-refractivity contribution in [2.24, 2.45) is 11.7 Å². The lowest BCUT2D eigenvalue weighted by Crippen LogP contribution is -2.09. The Morgan fingerprint density at radius 3 is 2.78 bits per heavy atom. The average molecular weight is 265 g/mol. The van der Waals surface area contributed by atoms with Gasteiger partial charge in [-0.05, 0) is 30.5 Å². The summed E-state index contributed by atoms with van der Waals surface area (Å²) >= 11 is 6.01. The van der Waals surface area contributed by atoms with Crippen LogP contribution in [0.1, 0.15) is 25.2 Å². The smallest absolute Gasteiger partial charge is 0.0999 e. The van der Waals surface area contributed by atoms with Gasteiger partial charge in [0.2, 0.25) is 0 Å². The van der Waals surface area contributed by atoms with Crippen molar-refractivity contribution >= 4 is 11.6 Å². The third-order valence-corrected chi connectivity index (χ3v) is 2.93. The van der Waals surface area contributed by atoms with Crippen molar-refractivity contribution in [1.82, 2.24) is 15.0 Å². The summed E-state index contributed by atoms with van der Waals surface area (Å²) in [5.41, 5.74) is 8.54. The minimum absolute atomic E-state index is 0.405. The molecule has 0 bridgehead atoms. The monoisotopic (exact) mass is 264 g/mol. The van der Waals surface area contributed by atoms with E-state index in [1.54, 1.807) is 0 Å². The fraction of sp³-hybridized carbons (Fsp3) is 0.385. The van der Waals surface area contributed by atoms with Gasteiger partial charge in [0.1, 0.15) is 0 Å². The van der Waals surface area contributed by atoms with E-state index in [2.05, 4.69) is 24.2 Å². The van der Waals surface area contributed by atoms with Crippen LogP contribution in [0.15, 0.2) is 24.3 Å². The number of benzene rings is 1. The molecule has 0 unspecified atom stereocenters. The summed E-state index contributed by atoms with van der Waals surface area (Å²) < 4.78 is 1.83. The number of hydrogen-bond donors (Lipinski definition) is 1. The SMILES string of the molecule is CC(C)Cc1c(CN)nnn1-c1cccc(Cl)c1. The van der Waals surface area contributed by atoms with Crippen LogP contribution in [0.3, 0.4) is 0 Å². The third kappa shape index (κ3) is 2.71. The van der Waals surface area contributed by atoms with E-state index in [0.717, 1.165) is 23.5 Å². The summed E-state index contributed by atoms with van der Waals surface area (Å²) in [6.45, 7) is 4.73. The quantitative estimate of drug-likeness (QED) is 0.923. The molecule has 0 saturated carbocycles. The number of rotatable bonds is 4. The molecule has 18 heavy (non-hydrogen) atoms. The molecule has 5 heteroatoms. The van der Waals surface area contributed by atoms with Crippen LogP contribution in [-0.4, -0.2) is 15.0 Å². The van der Waals surface area contributed by atoms with Gasteiger partial charge in [0.05, 0.1) is 17.1 Å². The van der Waals surface area contributed by atoms with Crippen molar-refractivity contribution in [3.63, 3.8) is 0 Å². The molecule has 2 aromatic rings. The van der Waals surface area contributed by atoms with Crippen molar-refractivity contribution < 1.29 is 0 Å². The van der Waals surface area contributed by atoms with Crippen molar-refractivity contribution in [1.29, 1.82) is 0 Å². The van der Waals surface area contributed by atoms with Crippen molar-refractivity contribution in [2.75, 3.05) is 0 Å². The lowest BCUT2D eigenvalue weighted by molar-refractivity contribution is 0.611. The number of halogens is 1. The molecule has 0 aliphatic rings. The fourth-order valence-electron chi connectivity index (χ4n) is 1.90. The lowest BCUT2D eigenvalue weighted by Gasteiger charge is -2.10. The number of aromatic nitrogens is 3. The molecule has 1 heterocycles. The summed E-state index contributed by atoms with van der Waals surface area (Å²) in [6.07, 6.45) is 0.895. The molecular formula is C13H17ClN4. The van der Waals surface area contributed by atoms with Gasteiger partial charge in [-0.3, -0.25) is 0 Å². The molecule has 2 N–H and O–H groups in total. The summed E-state index contributed by atoms with van der Waals surface area (Å²) in [6, 6.07) is 7.58. The maximum absolute atomic E-state index is 6.01. The Hall–Kier alpha value is -1.39. The van der Waals surface area contributed by atoms with Gasteiger partial charge in [-0.25, -0.2) is 4.68 Å². The van der Waals surface area contributed by atoms with Crippen LogP contribution in [0.25, 0.3) is 5.69 Å². The largest absolute Gasteiger partial charge is 0.325 e. The molecule has 0 aliphatic heterocycles. The lowest BCUT2D eigenvalue weighted by atomic mass is 10.1. The maximum atomic E-state index is 6.01. The fourth-order valence-corrected chi connectivity index (χ4v) is 2.08. The second-order valence-electron chi connectivity index (χ2n) is 4.68. The summed E-state index contributed by atoms with van der Waals surface area (Å²) in [5.74, 6) is 0.520. The first kappa shape index (κ1) is 13.1. The van der Waals surface area contributed by atoms with Gasteiger partial charge in [-0.1, -0.05) is 36.7 Å². The molecule has 0 radical (unpaired) electrons. The Morgan fingerprint density at radius 2 is 2.17 bits per heavy atom. The van der Waals surface area contributed by atoms with E-state index in [0.29, 0.717) is 17.5 Å². The summed E-state index contributed by atoms with van der Waals surface area (Å²) in [7, 11) is 0. The number of hydrogen-bond acceptors (Lipinski definition) is 3. The van der Waals surface area contributed by atoms with Crippen molar-refractivity contribution in [2.45, 2.75) is 26.8 Å². The van der Waals surface area contributed by atoms with E-state index in [4.69, 9.17) is 17.3 Å². The van der Waals surface area contributed by atoms with Gasteiger partial charge >= 0.3 is 0 Å². The van der Waals surface area contributed by atoms with E-state index < -0.39 is 0 Å². The molecule has 1 aromatic carbocycles. The molecule has 0 aliphatic carbocycles. The zero-order valence-electron chi connectivity index (χ0n) is 10.6. The van der Waals surface area contributed by atoms with Gasteiger partial charge in [-0.15, -0.1) is 5.10 Å². The Labute approximate surface area is 112 Å². The Balaban J connectivity index is 2.47.